The highest BCUT2D eigenvalue weighted by Gasteiger charge is 2.55. The van der Waals surface area contributed by atoms with Gasteiger partial charge >= 0.3 is 0 Å². The molecule has 0 aromatic carbocycles. The third kappa shape index (κ3) is 1.88. The minimum Gasteiger partial charge on any atom is -0.340 e. The normalized spacial score (nSPS) is 30.3. The van der Waals surface area contributed by atoms with Gasteiger partial charge in [0.2, 0.25) is 5.91 Å². The van der Waals surface area contributed by atoms with Crippen LogP contribution in [0.25, 0.3) is 0 Å². The molecule has 2 heterocycles. The van der Waals surface area contributed by atoms with Crippen molar-refractivity contribution in [3.63, 3.8) is 0 Å². The van der Waals surface area contributed by atoms with Crippen molar-refractivity contribution in [2.45, 2.75) is 44.7 Å². The molecular formula is C15H19N3O2. The Morgan fingerprint density at radius 1 is 1.45 bits per heavy atom. The van der Waals surface area contributed by atoms with Crippen LogP contribution < -0.4 is 10.2 Å². The Hall–Kier alpha value is -1.91. The first kappa shape index (κ1) is 13.1. The van der Waals surface area contributed by atoms with E-state index in [1.54, 1.807) is 23.4 Å². The molecule has 5 nitrogen and oxygen atoms in total. The van der Waals surface area contributed by atoms with Gasteiger partial charge in [-0.05, 0) is 44.2 Å². The van der Waals surface area contributed by atoms with Crippen molar-refractivity contribution >= 4 is 17.5 Å². The second kappa shape index (κ2) is 4.58. The number of anilines is 1. The van der Waals surface area contributed by atoms with Crippen LogP contribution in [0.3, 0.4) is 0 Å². The molecule has 1 N–H and O–H groups in total. The Morgan fingerprint density at radius 2 is 2.20 bits per heavy atom. The summed E-state index contributed by atoms with van der Waals surface area (Å²) in [4.78, 5) is 31.0. The molecular weight excluding hydrogens is 254 g/mol. The van der Waals surface area contributed by atoms with Gasteiger partial charge in [0.1, 0.15) is 11.6 Å². The minimum atomic E-state index is -0.765. The second-order valence-electron chi connectivity index (χ2n) is 5.78. The average molecular weight is 273 g/mol. The summed E-state index contributed by atoms with van der Waals surface area (Å²) in [7, 11) is 0. The molecule has 1 aliphatic carbocycles. The van der Waals surface area contributed by atoms with Gasteiger partial charge in [0.25, 0.3) is 5.91 Å². The Bertz CT molecular complexity index is 541. The fourth-order valence-electron chi connectivity index (χ4n) is 3.00. The van der Waals surface area contributed by atoms with Gasteiger partial charge in [-0.15, -0.1) is 0 Å². The predicted molar refractivity (Wildman–Crippen MR) is 75.1 cm³/mol. The Morgan fingerprint density at radius 3 is 2.75 bits per heavy atom. The molecule has 2 aliphatic rings. The van der Waals surface area contributed by atoms with Crippen LogP contribution in [-0.4, -0.2) is 28.4 Å². The summed E-state index contributed by atoms with van der Waals surface area (Å²) in [6.45, 7) is 3.76. The predicted octanol–water partition coefficient (Wildman–Crippen LogP) is 1.49. The van der Waals surface area contributed by atoms with E-state index in [2.05, 4.69) is 10.3 Å². The van der Waals surface area contributed by atoms with Crippen LogP contribution in [0, 0.1) is 5.92 Å². The zero-order chi connectivity index (χ0) is 14.3. The highest BCUT2D eigenvalue weighted by Crippen LogP contribution is 2.43. The summed E-state index contributed by atoms with van der Waals surface area (Å²) >= 11 is 0. The molecule has 1 aromatic heterocycles. The number of carbonyl (C=O) groups is 2. The standard InChI is InChI=1S/C15H19N3O2/c1-3-12-13(19)17-15(2,10-6-7-10)14(20)18(12)11-5-4-8-16-9-11/h4-5,8-10,12H,3,6-7H2,1-2H3,(H,17,19). The second-order valence-corrected chi connectivity index (χ2v) is 5.78. The quantitative estimate of drug-likeness (QED) is 0.907. The van der Waals surface area contributed by atoms with Crippen LogP contribution in [0.1, 0.15) is 33.1 Å². The van der Waals surface area contributed by atoms with Gasteiger partial charge < -0.3 is 5.32 Å². The third-order valence-electron chi connectivity index (χ3n) is 4.36. The van der Waals surface area contributed by atoms with Crippen molar-refractivity contribution in [3.8, 4) is 0 Å². The molecule has 1 saturated carbocycles. The summed E-state index contributed by atoms with van der Waals surface area (Å²) < 4.78 is 0. The van der Waals surface area contributed by atoms with Crippen LogP contribution in [0.15, 0.2) is 24.5 Å². The van der Waals surface area contributed by atoms with E-state index < -0.39 is 11.6 Å². The summed E-state index contributed by atoms with van der Waals surface area (Å²) in [6.07, 6.45) is 5.90. The number of piperazine rings is 1. The van der Waals surface area contributed by atoms with E-state index in [4.69, 9.17) is 0 Å². The third-order valence-corrected chi connectivity index (χ3v) is 4.36. The van der Waals surface area contributed by atoms with Crippen molar-refractivity contribution in [3.05, 3.63) is 24.5 Å². The first-order chi connectivity index (χ1) is 9.58. The van der Waals surface area contributed by atoms with Gasteiger partial charge in [-0.25, -0.2) is 0 Å². The van der Waals surface area contributed by atoms with Crippen LogP contribution in [-0.2, 0) is 9.59 Å². The lowest BCUT2D eigenvalue weighted by atomic mass is 9.88. The van der Waals surface area contributed by atoms with Crippen LogP contribution >= 0.6 is 0 Å². The maximum Gasteiger partial charge on any atom is 0.253 e. The van der Waals surface area contributed by atoms with Crippen molar-refractivity contribution in [1.82, 2.24) is 10.3 Å². The van der Waals surface area contributed by atoms with E-state index in [9.17, 15) is 9.59 Å². The topological polar surface area (TPSA) is 62.3 Å². The van der Waals surface area contributed by atoms with Gasteiger partial charge in [-0.2, -0.15) is 0 Å². The van der Waals surface area contributed by atoms with E-state index in [-0.39, 0.29) is 17.7 Å². The van der Waals surface area contributed by atoms with Gasteiger partial charge in [0, 0.05) is 6.20 Å². The summed E-state index contributed by atoms with van der Waals surface area (Å²) in [5.74, 6) is 0.181. The van der Waals surface area contributed by atoms with E-state index in [1.165, 1.54) is 0 Å². The lowest BCUT2D eigenvalue weighted by Gasteiger charge is -2.44. The molecule has 1 aliphatic heterocycles. The van der Waals surface area contributed by atoms with Crippen molar-refractivity contribution in [1.29, 1.82) is 0 Å². The van der Waals surface area contributed by atoms with Gasteiger partial charge in [-0.3, -0.25) is 19.5 Å². The van der Waals surface area contributed by atoms with Gasteiger partial charge in [0.15, 0.2) is 0 Å². The van der Waals surface area contributed by atoms with Crippen molar-refractivity contribution in [2.75, 3.05) is 4.90 Å². The summed E-state index contributed by atoms with van der Waals surface area (Å²) in [6, 6.07) is 3.18. The number of carbonyl (C=O) groups excluding carboxylic acids is 2. The molecule has 106 valence electrons. The van der Waals surface area contributed by atoms with E-state index in [0.717, 1.165) is 12.8 Å². The van der Waals surface area contributed by atoms with Crippen LogP contribution in [0.2, 0.25) is 0 Å². The zero-order valence-electron chi connectivity index (χ0n) is 11.8. The molecule has 5 heteroatoms. The molecule has 2 amide bonds. The molecule has 0 bridgehead atoms. The Balaban J connectivity index is 2.02. The SMILES string of the molecule is CCC1C(=O)NC(C)(C2CC2)C(=O)N1c1cccnc1. The molecule has 20 heavy (non-hydrogen) atoms. The lowest BCUT2D eigenvalue weighted by molar-refractivity contribution is -0.138. The molecule has 1 saturated heterocycles. The Labute approximate surface area is 118 Å². The number of pyridine rings is 1. The van der Waals surface area contributed by atoms with E-state index in [0.29, 0.717) is 12.1 Å². The monoisotopic (exact) mass is 273 g/mol. The zero-order valence-corrected chi connectivity index (χ0v) is 11.8. The number of amides is 2. The fourth-order valence-corrected chi connectivity index (χ4v) is 3.00. The highest BCUT2D eigenvalue weighted by atomic mass is 16.2. The van der Waals surface area contributed by atoms with Crippen molar-refractivity contribution < 1.29 is 9.59 Å². The van der Waals surface area contributed by atoms with Gasteiger partial charge in [-0.1, -0.05) is 6.92 Å². The lowest BCUT2D eigenvalue weighted by Crippen LogP contribution is -2.70. The molecule has 2 atom stereocenters. The largest absolute Gasteiger partial charge is 0.340 e. The maximum atomic E-state index is 12.9. The number of nitrogens with zero attached hydrogens (tertiary/aromatic N) is 2. The smallest absolute Gasteiger partial charge is 0.253 e. The number of rotatable bonds is 3. The number of hydrogen-bond acceptors (Lipinski definition) is 3. The summed E-state index contributed by atoms with van der Waals surface area (Å²) in [5.41, 5.74) is -0.0652. The van der Waals surface area contributed by atoms with Gasteiger partial charge in [0.05, 0.1) is 11.9 Å². The first-order valence-corrected chi connectivity index (χ1v) is 7.13. The molecule has 3 rings (SSSR count). The molecule has 2 unspecified atom stereocenters. The molecule has 0 spiro atoms. The van der Waals surface area contributed by atoms with E-state index >= 15 is 0 Å². The minimum absolute atomic E-state index is 0.0144. The highest BCUT2D eigenvalue weighted by molar-refractivity contribution is 6.10. The first-order valence-electron chi connectivity index (χ1n) is 7.13. The number of hydrogen-bond donors (Lipinski definition) is 1. The Kier molecular flexibility index (Phi) is 3.00. The molecule has 2 fully saturated rings. The number of aromatic nitrogens is 1. The molecule has 1 aromatic rings. The van der Waals surface area contributed by atoms with E-state index in [1.807, 2.05) is 19.9 Å². The molecule has 0 radical (unpaired) electrons. The maximum absolute atomic E-state index is 12.9. The summed E-state index contributed by atoms with van der Waals surface area (Å²) in [5, 5.41) is 2.95. The number of nitrogens with one attached hydrogen (secondary N) is 1. The van der Waals surface area contributed by atoms with Crippen LogP contribution in [0.5, 0.6) is 0 Å². The average Bonchev–Trinajstić information content (AvgIpc) is 3.28. The van der Waals surface area contributed by atoms with Crippen molar-refractivity contribution in [2.24, 2.45) is 5.92 Å². The fraction of sp³-hybridized carbons (Fsp3) is 0.533. The van der Waals surface area contributed by atoms with Crippen LogP contribution in [0.4, 0.5) is 5.69 Å².